The largest absolute Gasteiger partial charge is 0.319 e. The SMILES string of the molecule is CC(C)(C)B1N(C2CCCCC2)CN1C1CCCCC1. The van der Waals surface area contributed by atoms with E-state index in [1.54, 1.807) is 0 Å². The topological polar surface area (TPSA) is 6.48 Å². The second-order valence-electron chi connectivity index (χ2n) is 8.49. The zero-order valence-electron chi connectivity index (χ0n) is 13.9. The molecule has 3 heteroatoms. The maximum atomic E-state index is 2.85. The van der Waals surface area contributed by atoms with Crippen LogP contribution in [0.2, 0.25) is 5.31 Å². The van der Waals surface area contributed by atoms with Crippen molar-refractivity contribution in [1.82, 2.24) is 9.62 Å². The molecule has 1 saturated heterocycles. The fourth-order valence-corrected chi connectivity index (χ4v) is 4.89. The van der Waals surface area contributed by atoms with Gasteiger partial charge >= 0.3 is 6.98 Å². The Hall–Kier alpha value is -0.0151. The molecule has 114 valence electrons. The molecule has 2 nitrogen and oxygen atoms in total. The molecule has 20 heavy (non-hydrogen) atoms. The molecule has 0 aromatic rings. The minimum atomic E-state index is 0.396. The highest BCUT2D eigenvalue weighted by Gasteiger charge is 2.52. The summed E-state index contributed by atoms with van der Waals surface area (Å²) >= 11 is 0. The maximum Gasteiger partial charge on any atom is 0.319 e. The molecule has 0 atom stereocenters. The lowest BCUT2D eigenvalue weighted by Crippen LogP contribution is -2.75. The monoisotopic (exact) mass is 276 g/mol. The lowest BCUT2D eigenvalue weighted by atomic mass is 9.45. The minimum Gasteiger partial charge on any atom is -0.313 e. The van der Waals surface area contributed by atoms with Gasteiger partial charge < -0.3 is 9.62 Å². The first-order chi connectivity index (χ1) is 9.57. The van der Waals surface area contributed by atoms with E-state index < -0.39 is 0 Å². The van der Waals surface area contributed by atoms with Crippen molar-refractivity contribution in [2.45, 2.75) is 102 Å². The molecule has 1 heterocycles. The van der Waals surface area contributed by atoms with E-state index in [0.717, 1.165) is 12.1 Å². The van der Waals surface area contributed by atoms with Crippen molar-refractivity contribution in [1.29, 1.82) is 0 Å². The minimum absolute atomic E-state index is 0.396. The Morgan fingerprint density at radius 3 is 1.45 bits per heavy atom. The van der Waals surface area contributed by atoms with Crippen LogP contribution in [0.5, 0.6) is 0 Å². The van der Waals surface area contributed by atoms with Gasteiger partial charge in [-0.15, -0.1) is 0 Å². The Labute approximate surface area is 126 Å². The molecule has 0 spiro atoms. The molecule has 2 aliphatic carbocycles. The molecule has 1 aliphatic heterocycles. The zero-order valence-corrected chi connectivity index (χ0v) is 13.9. The van der Waals surface area contributed by atoms with E-state index in [0.29, 0.717) is 12.3 Å². The Morgan fingerprint density at radius 2 is 1.10 bits per heavy atom. The van der Waals surface area contributed by atoms with Crippen LogP contribution in [0.25, 0.3) is 0 Å². The lowest BCUT2D eigenvalue weighted by Gasteiger charge is -2.60. The van der Waals surface area contributed by atoms with Crippen molar-refractivity contribution < 1.29 is 0 Å². The number of rotatable bonds is 2. The highest BCUT2D eigenvalue weighted by atomic mass is 15.4. The normalized spacial score (nSPS) is 28.6. The van der Waals surface area contributed by atoms with Gasteiger partial charge in [0.2, 0.25) is 0 Å². The molecule has 0 amide bonds. The quantitative estimate of drug-likeness (QED) is 0.684. The molecule has 0 aromatic carbocycles. The summed E-state index contributed by atoms with van der Waals surface area (Å²) in [5.41, 5.74) is 0. The van der Waals surface area contributed by atoms with Gasteiger partial charge in [0.1, 0.15) is 0 Å². The molecular formula is C17H33BN2. The number of hydrogen-bond donors (Lipinski definition) is 0. The van der Waals surface area contributed by atoms with E-state index in [1.807, 2.05) is 0 Å². The van der Waals surface area contributed by atoms with Crippen molar-refractivity contribution in [3.05, 3.63) is 0 Å². The van der Waals surface area contributed by atoms with Gasteiger partial charge in [0.15, 0.2) is 0 Å². The van der Waals surface area contributed by atoms with Crippen LogP contribution >= 0.6 is 0 Å². The van der Waals surface area contributed by atoms with Gasteiger partial charge in [0.05, 0.1) is 0 Å². The summed E-state index contributed by atoms with van der Waals surface area (Å²) in [5, 5.41) is 0.396. The van der Waals surface area contributed by atoms with Crippen molar-refractivity contribution in [3.8, 4) is 0 Å². The maximum absolute atomic E-state index is 2.85. The zero-order chi connectivity index (χ0) is 14.2. The van der Waals surface area contributed by atoms with Crippen LogP contribution < -0.4 is 0 Å². The van der Waals surface area contributed by atoms with E-state index in [1.165, 1.54) is 70.9 Å². The fraction of sp³-hybridized carbons (Fsp3) is 1.00. The first-order valence-electron chi connectivity index (χ1n) is 9.09. The molecule has 0 radical (unpaired) electrons. The summed E-state index contributed by atoms with van der Waals surface area (Å²) < 4.78 is 0. The molecule has 0 aromatic heterocycles. The molecule has 0 N–H and O–H groups in total. The first kappa shape index (κ1) is 14.9. The first-order valence-corrected chi connectivity index (χ1v) is 9.09. The van der Waals surface area contributed by atoms with Crippen LogP contribution in [-0.2, 0) is 0 Å². The van der Waals surface area contributed by atoms with Crippen molar-refractivity contribution in [2.24, 2.45) is 0 Å². The van der Waals surface area contributed by atoms with Gasteiger partial charge in [0, 0.05) is 18.8 Å². The molecule has 3 fully saturated rings. The summed E-state index contributed by atoms with van der Waals surface area (Å²) in [4.78, 5) is 5.71. The van der Waals surface area contributed by atoms with Gasteiger partial charge in [-0.2, -0.15) is 0 Å². The third-order valence-electron chi connectivity index (χ3n) is 5.82. The highest BCUT2D eigenvalue weighted by molar-refractivity contribution is 6.58. The van der Waals surface area contributed by atoms with Crippen LogP contribution in [0.4, 0.5) is 0 Å². The summed E-state index contributed by atoms with van der Waals surface area (Å²) in [6.07, 6.45) is 14.6. The van der Waals surface area contributed by atoms with E-state index in [-0.39, 0.29) is 0 Å². The standard InChI is InChI=1S/C17H33BN2/c1-17(2,3)18-19(15-10-6-4-7-11-15)14-20(18)16-12-8-5-9-13-16/h15-16H,4-14H2,1-3H3. The molecule has 3 rings (SSSR count). The molecule has 2 saturated carbocycles. The Kier molecular flexibility index (Phi) is 4.47. The highest BCUT2D eigenvalue weighted by Crippen LogP contribution is 2.43. The predicted molar refractivity (Wildman–Crippen MR) is 87.8 cm³/mol. The van der Waals surface area contributed by atoms with Gasteiger partial charge in [-0.3, -0.25) is 0 Å². The summed E-state index contributed by atoms with van der Waals surface area (Å²) in [5.74, 6) is 0. The Morgan fingerprint density at radius 1 is 0.700 bits per heavy atom. The average Bonchev–Trinajstić information content (AvgIpc) is 2.38. The average molecular weight is 276 g/mol. The molecule has 0 unspecified atom stereocenters. The van der Waals surface area contributed by atoms with Gasteiger partial charge in [-0.05, 0) is 31.0 Å². The Bertz CT molecular complexity index is 289. The van der Waals surface area contributed by atoms with Crippen LogP contribution in [0, 0.1) is 0 Å². The second-order valence-corrected chi connectivity index (χ2v) is 8.49. The van der Waals surface area contributed by atoms with Crippen LogP contribution in [0.3, 0.4) is 0 Å². The summed E-state index contributed by atoms with van der Waals surface area (Å²) in [7, 11) is 0. The number of hydrogen-bond acceptors (Lipinski definition) is 2. The van der Waals surface area contributed by atoms with Gasteiger partial charge in [0.25, 0.3) is 0 Å². The van der Waals surface area contributed by atoms with Crippen molar-refractivity contribution in [2.75, 3.05) is 6.67 Å². The molecular weight excluding hydrogens is 243 g/mol. The van der Waals surface area contributed by atoms with Crippen molar-refractivity contribution >= 4 is 6.98 Å². The molecule has 3 aliphatic rings. The van der Waals surface area contributed by atoms with Crippen molar-refractivity contribution in [3.63, 3.8) is 0 Å². The predicted octanol–water partition coefficient (Wildman–Crippen LogP) is 4.52. The fourth-order valence-electron chi connectivity index (χ4n) is 4.89. The van der Waals surface area contributed by atoms with Gasteiger partial charge in [-0.1, -0.05) is 59.3 Å². The van der Waals surface area contributed by atoms with E-state index in [2.05, 4.69) is 30.4 Å². The summed E-state index contributed by atoms with van der Waals surface area (Å²) in [6, 6.07) is 1.76. The smallest absolute Gasteiger partial charge is 0.313 e. The molecule has 0 bridgehead atoms. The van der Waals surface area contributed by atoms with Crippen LogP contribution in [0.1, 0.15) is 85.0 Å². The summed E-state index contributed by atoms with van der Waals surface area (Å²) in [6.45, 7) is 9.30. The number of nitrogens with zero attached hydrogens (tertiary/aromatic N) is 2. The van der Waals surface area contributed by atoms with E-state index in [9.17, 15) is 0 Å². The Balaban J connectivity index is 1.67. The second kappa shape index (κ2) is 6.00. The third-order valence-corrected chi connectivity index (χ3v) is 5.82. The van der Waals surface area contributed by atoms with E-state index in [4.69, 9.17) is 0 Å². The lowest BCUT2D eigenvalue weighted by molar-refractivity contribution is 0.0616. The third kappa shape index (κ3) is 2.94. The van der Waals surface area contributed by atoms with E-state index >= 15 is 0 Å². The van der Waals surface area contributed by atoms with Crippen LogP contribution in [0.15, 0.2) is 0 Å². The van der Waals surface area contributed by atoms with Crippen LogP contribution in [-0.4, -0.2) is 35.4 Å². The van der Waals surface area contributed by atoms with Gasteiger partial charge in [-0.25, -0.2) is 0 Å².